The van der Waals surface area contributed by atoms with Crippen LogP contribution in [0, 0.1) is 11.3 Å². The predicted octanol–water partition coefficient (Wildman–Crippen LogP) is 3.25. The minimum absolute atomic E-state index is 0.00154. The maximum atomic E-state index is 12.6. The van der Waals surface area contributed by atoms with Crippen LogP contribution >= 0.6 is 11.6 Å². The molecule has 2 amide bonds. The topological polar surface area (TPSA) is 58.2 Å². The molecule has 1 aliphatic heterocycles. The van der Waals surface area contributed by atoms with E-state index in [4.69, 9.17) is 11.6 Å². The number of nitrogens with one attached hydrogen (secondary N) is 2. The standard InChI is InChI=1S/C19H25ClN2O2/c1-19(2,3)17-15(8-9-16(23)22-17)21-18(24)14-10-13(14)11-4-6-12(20)7-5-11/h4-7,13-15,17H,8-10H2,1-3H3,(H,21,24)(H,22,23)/t13-,14+,15+,17+/m0/s1. The van der Waals surface area contributed by atoms with Crippen LogP contribution < -0.4 is 10.6 Å². The lowest BCUT2D eigenvalue weighted by molar-refractivity contribution is -0.128. The number of carbonyl (C=O) groups is 2. The van der Waals surface area contributed by atoms with E-state index in [0.717, 1.165) is 6.42 Å². The van der Waals surface area contributed by atoms with Crippen LogP contribution in [-0.4, -0.2) is 23.9 Å². The van der Waals surface area contributed by atoms with Crippen molar-refractivity contribution in [3.63, 3.8) is 0 Å². The zero-order valence-corrected chi connectivity index (χ0v) is 15.2. The molecule has 1 saturated carbocycles. The van der Waals surface area contributed by atoms with Gasteiger partial charge < -0.3 is 10.6 Å². The van der Waals surface area contributed by atoms with Gasteiger partial charge in [-0.1, -0.05) is 44.5 Å². The molecule has 4 nitrogen and oxygen atoms in total. The van der Waals surface area contributed by atoms with Crippen LogP contribution in [0.4, 0.5) is 0 Å². The number of hydrogen-bond acceptors (Lipinski definition) is 2. The monoisotopic (exact) mass is 348 g/mol. The number of amides is 2. The first-order chi connectivity index (χ1) is 11.3. The Balaban J connectivity index is 1.62. The van der Waals surface area contributed by atoms with Gasteiger partial charge in [0.05, 0.1) is 12.1 Å². The maximum absolute atomic E-state index is 12.6. The molecule has 130 valence electrons. The maximum Gasteiger partial charge on any atom is 0.224 e. The van der Waals surface area contributed by atoms with Gasteiger partial charge in [-0.3, -0.25) is 9.59 Å². The lowest BCUT2D eigenvalue weighted by atomic mass is 9.78. The first-order valence-electron chi connectivity index (χ1n) is 8.61. The van der Waals surface area contributed by atoms with E-state index in [9.17, 15) is 9.59 Å². The van der Waals surface area contributed by atoms with Crippen LogP contribution in [0.15, 0.2) is 24.3 Å². The molecule has 1 aromatic rings. The highest BCUT2D eigenvalue weighted by molar-refractivity contribution is 6.30. The molecule has 5 heteroatoms. The number of halogens is 1. The van der Waals surface area contributed by atoms with Gasteiger partial charge >= 0.3 is 0 Å². The second-order valence-corrected chi connectivity index (χ2v) is 8.50. The first-order valence-corrected chi connectivity index (χ1v) is 8.98. The molecular formula is C19H25ClN2O2. The molecule has 2 N–H and O–H groups in total. The van der Waals surface area contributed by atoms with Crippen molar-refractivity contribution < 1.29 is 9.59 Å². The number of benzene rings is 1. The van der Waals surface area contributed by atoms with Gasteiger partial charge in [0, 0.05) is 17.4 Å². The molecule has 0 radical (unpaired) electrons. The minimum Gasteiger partial charge on any atom is -0.351 e. The molecular weight excluding hydrogens is 324 g/mol. The van der Waals surface area contributed by atoms with E-state index in [2.05, 4.69) is 31.4 Å². The van der Waals surface area contributed by atoms with Crippen LogP contribution in [0.2, 0.25) is 5.02 Å². The number of carbonyl (C=O) groups excluding carboxylic acids is 2. The highest BCUT2D eigenvalue weighted by atomic mass is 35.5. The average molecular weight is 349 g/mol. The molecule has 0 aromatic heterocycles. The van der Waals surface area contributed by atoms with Gasteiger partial charge in [0.2, 0.25) is 11.8 Å². The van der Waals surface area contributed by atoms with Crippen molar-refractivity contribution in [2.75, 3.05) is 0 Å². The predicted molar refractivity (Wildman–Crippen MR) is 94.9 cm³/mol. The van der Waals surface area contributed by atoms with Crippen molar-refractivity contribution in [1.82, 2.24) is 10.6 Å². The summed E-state index contributed by atoms with van der Waals surface area (Å²) in [5, 5.41) is 6.96. The summed E-state index contributed by atoms with van der Waals surface area (Å²) >= 11 is 5.92. The van der Waals surface area contributed by atoms with Crippen molar-refractivity contribution >= 4 is 23.4 Å². The van der Waals surface area contributed by atoms with E-state index >= 15 is 0 Å². The van der Waals surface area contributed by atoms with Gasteiger partial charge in [-0.15, -0.1) is 0 Å². The minimum atomic E-state index is -0.0901. The molecule has 1 aromatic carbocycles. The number of rotatable bonds is 3. The van der Waals surface area contributed by atoms with E-state index in [-0.39, 0.29) is 41.1 Å². The fraction of sp³-hybridized carbons (Fsp3) is 0.579. The van der Waals surface area contributed by atoms with Gasteiger partial charge in [-0.25, -0.2) is 0 Å². The number of piperidine rings is 1. The first kappa shape index (κ1) is 17.3. The molecule has 0 bridgehead atoms. The van der Waals surface area contributed by atoms with Gasteiger partial charge in [0.25, 0.3) is 0 Å². The van der Waals surface area contributed by atoms with E-state index in [1.165, 1.54) is 5.56 Å². The van der Waals surface area contributed by atoms with Crippen LogP contribution in [0.1, 0.15) is 51.5 Å². The second-order valence-electron chi connectivity index (χ2n) is 8.07. The fourth-order valence-electron chi connectivity index (χ4n) is 3.63. The Morgan fingerprint density at radius 3 is 2.54 bits per heavy atom. The lowest BCUT2D eigenvalue weighted by Crippen LogP contribution is -2.60. The fourth-order valence-corrected chi connectivity index (χ4v) is 3.75. The Hall–Kier alpha value is -1.55. The van der Waals surface area contributed by atoms with E-state index in [0.29, 0.717) is 17.9 Å². The van der Waals surface area contributed by atoms with Crippen molar-refractivity contribution in [2.24, 2.45) is 11.3 Å². The van der Waals surface area contributed by atoms with Crippen molar-refractivity contribution in [1.29, 1.82) is 0 Å². The third-order valence-electron chi connectivity index (χ3n) is 5.09. The quantitative estimate of drug-likeness (QED) is 0.880. The Labute approximate surface area is 148 Å². The summed E-state index contributed by atoms with van der Waals surface area (Å²) < 4.78 is 0. The van der Waals surface area contributed by atoms with E-state index < -0.39 is 0 Å². The lowest BCUT2D eigenvalue weighted by Gasteiger charge is -2.41. The summed E-state index contributed by atoms with van der Waals surface area (Å²) in [6.45, 7) is 6.28. The zero-order chi connectivity index (χ0) is 17.5. The van der Waals surface area contributed by atoms with Gasteiger partial charge in [-0.05, 0) is 41.9 Å². The summed E-state index contributed by atoms with van der Waals surface area (Å²) in [5.74, 6) is 0.495. The summed E-state index contributed by atoms with van der Waals surface area (Å²) in [4.78, 5) is 24.4. The third kappa shape index (κ3) is 3.75. The molecule has 1 heterocycles. The summed E-state index contributed by atoms with van der Waals surface area (Å²) in [6, 6.07) is 7.71. The van der Waals surface area contributed by atoms with Crippen molar-refractivity contribution in [2.45, 2.75) is 58.0 Å². The Morgan fingerprint density at radius 2 is 1.92 bits per heavy atom. The molecule has 2 aliphatic rings. The van der Waals surface area contributed by atoms with Crippen LogP contribution in [-0.2, 0) is 9.59 Å². The summed E-state index contributed by atoms with van der Waals surface area (Å²) in [7, 11) is 0. The van der Waals surface area contributed by atoms with Crippen LogP contribution in [0.5, 0.6) is 0 Å². The van der Waals surface area contributed by atoms with Crippen LogP contribution in [0.25, 0.3) is 0 Å². The van der Waals surface area contributed by atoms with Crippen LogP contribution in [0.3, 0.4) is 0 Å². The summed E-state index contributed by atoms with van der Waals surface area (Å²) in [5.41, 5.74) is 1.08. The van der Waals surface area contributed by atoms with Crippen molar-refractivity contribution in [3.8, 4) is 0 Å². The SMILES string of the molecule is CC(C)(C)[C@@H]1NC(=O)CC[C@H]1NC(=O)[C@@H]1C[C@H]1c1ccc(Cl)cc1. The molecule has 2 fully saturated rings. The smallest absolute Gasteiger partial charge is 0.224 e. The molecule has 0 unspecified atom stereocenters. The normalized spacial score (nSPS) is 29.8. The van der Waals surface area contributed by atoms with Gasteiger partial charge in [0.15, 0.2) is 0 Å². The Morgan fingerprint density at radius 1 is 1.25 bits per heavy atom. The molecule has 0 spiro atoms. The number of hydrogen-bond donors (Lipinski definition) is 2. The molecule has 1 saturated heterocycles. The summed E-state index contributed by atoms with van der Waals surface area (Å²) in [6.07, 6.45) is 2.06. The molecule has 4 atom stereocenters. The molecule has 1 aliphatic carbocycles. The third-order valence-corrected chi connectivity index (χ3v) is 5.34. The Bertz CT molecular complexity index is 636. The Kier molecular flexibility index (Phi) is 4.60. The van der Waals surface area contributed by atoms with E-state index in [1.807, 2.05) is 24.3 Å². The highest BCUT2D eigenvalue weighted by Gasteiger charge is 2.46. The average Bonchev–Trinajstić information content (AvgIpc) is 3.29. The van der Waals surface area contributed by atoms with E-state index in [1.54, 1.807) is 0 Å². The second kappa shape index (κ2) is 6.40. The zero-order valence-electron chi connectivity index (χ0n) is 14.4. The van der Waals surface area contributed by atoms with Gasteiger partial charge in [0.1, 0.15) is 0 Å². The molecule has 3 rings (SSSR count). The highest BCUT2D eigenvalue weighted by Crippen LogP contribution is 2.48. The van der Waals surface area contributed by atoms with Crippen molar-refractivity contribution in [3.05, 3.63) is 34.9 Å². The van der Waals surface area contributed by atoms with Gasteiger partial charge in [-0.2, -0.15) is 0 Å². The largest absolute Gasteiger partial charge is 0.351 e. The molecule has 24 heavy (non-hydrogen) atoms.